The van der Waals surface area contributed by atoms with Crippen LogP contribution in [0.25, 0.3) is 11.1 Å². The number of phenols is 1. The van der Waals surface area contributed by atoms with Crippen LogP contribution in [0.15, 0.2) is 71.5 Å². The Morgan fingerprint density at radius 3 is 2.17 bits per heavy atom. The number of carbonyl (C=O) groups is 1. The van der Waals surface area contributed by atoms with Crippen molar-refractivity contribution in [3.05, 3.63) is 77.0 Å². The summed E-state index contributed by atoms with van der Waals surface area (Å²) in [6.45, 7) is 0. The monoisotopic (exact) mass is 368 g/mol. The maximum absolute atomic E-state index is 12.2. The van der Waals surface area contributed by atoms with E-state index < -0.39 is 0 Å². The summed E-state index contributed by atoms with van der Waals surface area (Å²) in [5, 5.41) is 12.1. The third-order valence-corrected chi connectivity index (χ3v) is 3.74. The standard InChI is InChI=1S/C18H13BrN2O2/c19-15-9-16(11-20-10-15)21-18(23)14-3-1-12(2-4-14)13-5-7-17(22)8-6-13/h1-11,22H,(H,21,23). The van der Waals surface area contributed by atoms with E-state index in [0.29, 0.717) is 11.3 Å². The van der Waals surface area contributed by atoms with Crippen LogP contribution in [0.1, 0.15) is 10.4 Å². The first-order valence-electron chi connectivity index (χ1n) is 6.93. The molecule has 0 bridgehead atoms. The van der Waals surface area contributed by atoms with Crippen molar-refractivity contribution in [1.29, 1.82) is 0 Å². The number of amides is 1. The molecule has 0 spiro atoms. The lowest BCUT2D eigenvalue weighted by Crippen LogP contribution is -2.11. The lowest BCUT2D eigenvalue weighted by Gasteiger charge is -2.07. The predicted molar refractivity (Wildman–Crippen MR) is 93.4 cm³/mol. The molecule has 5 heteroatoms. The quantitative estimate of drug-likeness (QED) is 0.716. The average Bonchev–Trinajstić information content (AvgIpc) is 2.56. The van der Waals surface area contributed by atoms with Crippen LogP contribution in [0.3, 0.4) is 0 Å². The van der Waals surface area contributed by atoms with Crippen LogP contribution in [0.5, 0.6) is 5.75 Å². The smallest absolute Gasteiger partial charge is 0.255 e. The topological polar surface area (TPSA) is 62.2 Å². The first-order chi connectivity index (χ1) is 11.1. The third kappa shape index (κ3) is 3.76. The van der Waals surface area contributed by atoms with Crippen LogP contribution < -0.4 is 5.32 Å². The highest BCUT2D eigenvalue weighted by atomic mass is 79.9. The number of halogens is 1. The molecule has 0 aliphatic heterocycles. The Labute approximate surface area is 142 Å². The number of rotatable bonds is 3. The summed E-state index contributed by atoms with van der Waals surface area (Å²) in [7, 11) is 0. The average molecular weight is 369 g/mol. The van der Waals surface area contributed by atoms with Crippen molar-refractivity contribution in [2.75, 3.05) is 5.32 Å². The Hall–Kier alpha value is -2.66. The molecule has 0 atom stereocenters. The van der Waals surface area contributed by atoms with Gasteiger partial charge in [0.15, 0.2) is 0 Å². The summed E-state index contributed by atoms with van der Waals surface area (Å²) in [5.41, 5.74) is 3.15. The van der Waals surface area contributed by atoms with Crippen LogP contribution in [-0.2, 0) is 0 Å². The second-order valence-corrected chi connectivity index (χ2v) is 5.89. The number of benzene rings is 2. The van der Waals surface area contributed by atoms with Gasteiger partial charge in [-0.1, -0.05) is 24.3 Å². The van der Waals surface area contributed by atoms with Gasteiger partial charge >= 0.3 is 0 Å². The molecule has 0 fully saturated rings. The fourth-order valence-corrected chi connectivity index (χ4v) is 2.52. The van der Waals surface area contributed by atoms with E-state index in [1.54, 1.807) is 42.7 Å². The molecule has 1 heterocycles. The molecule has 3 aromatic rings. The van der Waals surface area contributed by atoms with Gasteiger partial charge in [0.25, 0.3) is 5.91 Å². The Bertz CT molecular complexity index is 830. The first kappa shape index (κ1) is 15.2. The number of carbonyl (C=O) groups excluding carboxylic acids is 1. The second-order valence-electron chi connectivity index (χ2n) is 4.97. The summed E-state index contributed by atoms with van der Waals surface area (Å²) < 4.78 is 0.804. The van der Waals surface area contributed by atoms with Gasteiger partial charge in [0.05, 0.1) is 11.9 Å². The fourth-order valence-electron chi connectivity index (χ4n) is 2.15. The number of pyridine rings is 1. The van der Waals surface area contributed by atoms with Crippen molar-refractivity contribution in [2.24, 2.45) is 0 Å². The molecule has 0 saturated heterocycles. The van der Waals surface area contributed by atoms with Crippen molar-refractivity contribution in [3.63, 3.8) is 0 Å². The Morgan fingerprint density at radius 2 is 1.57 bits per heavy atom. The molecule has 0 aliphatic rings. The van der Waals surface area contributed by atoms with Crippen LogP contribution in [-0.4, -0.2) is 16.0 Å². The number of aromatic hydroxyl groups is 1. The number of phenolic OH excluding ortho intramolecular Hbond substituents is 1. The van der Waals surface area contributed by atoms with E-state index in [1.165, 1.54) is 0 Å². The highest BCUT2D eigenvalue weighted by Gasteiger charge is 2.07. The summed E-state index contributed by atoms with van der Waals surface area (Å²) in [6.07, 6.45) is 3.25. The maximum atomic E-state index is 12.2. The molecule has 114 valence electrons. The lowest BCUT2D eigenvalue weighted by atomic mass is 10.0. The van der Waals surface area contributed by atoms with E-state index >= 15 is 0 Å². The normalized spacial score (nSPS) is 10.3. The molecule has 0 radical (unpaired) electrons. The SMILES string of the molecule is O=C(Nc1cncc(Br)c1)c1ccc(-c2ccc(O)cc2)cc1. The Balaban J connectivity index is 1.76. The molecule has 23 heavy (non-hydrogen) atoms. The van der Waals surface area contributed by atoms with Crippen molar-refractivity contribution >= 4 is 27.5 Å². The van der Waals surface area contributed by atoms with Gasteiger partial charge in [0.1, 0.15) is 5.75 Å². The van der Waals surface area contributed by atoms with Gasteiger partial charge in [-0.3, -0.25) is 9.78 Å². The zero-order valence-electron chi connectivity index (χ0n) is 12.0. The molecule has 4 nitrogen and oxygen atoms in total. The first-order valence-corrected chi connectivity index (χ1v) is 7.72. The fraction of sp³-hybridized carbons (Fsp3) is 0. The van der Waals surface area contributed by atoms with Crippen LogP contribution in [0, 0.1) is 0 Å². The predicted octanol–water partition coefficient (Wildman–Crippen LogP) is 4.47. The van der Waals surface area contributed by atoms with Crippen LogP contribution in [0.4, 0.5) is 5.69 Å². The lowest BCUT2D eigenvalue weighted by molar-refractivity contribution is 0.102. The van der Waals surface area contributed by atoms with Crippen LogP contribution >= 0.6 is 15.9 Å². The number of hydrogen-bond donors (Lipinski definition) is 2. The molecule has 2 N–H and O–H groups in total. The Morgan fingerprint density at radius 1 is 0.957 bits per heavy atom. The summed E-state index contributed by atoms with van der Waals surface area (Å²) in [4.78, 5) is 16.2. The van der Waals surface area contributed by atoms with Gasteiger partial charge in [0.2, 0.25) is 0 Å². The van der Waals surface area contributed by atoms with Gasteiger partial charge in [0, 0.05) is 16.2 Å². The van der Waals surface area contributed by atoms with E-state index in [4.69, 9.17) is 0 Å². The van der Waals surface area contributed by atoms with Crippen molar-refractivity contribution in [1.82, 2.24) is 4.98 Å². The largest absolute Gasteiger partial charge is 0.508 e. The van der Waals surface area contributed by atoms with Gasteiger partial charge in [-0.05, 0) is 57.4 Å². The summed E-state index contributed by atoms with van der Waals surface area (Å²) >= 11 is 3.32. The number of aromatic nitrogens is 1. The van der Waals surface area contributed by atoms with E-state index in [0.717, 1.165) is 15.6 Å². The number of nitrogens with zero attached hydrogens (tertiary/aromatic N) is 1. The minimum atomic E-state index is -0.192. The molecule has 2 aromatic carbocycles. The highest BCUT2D eigenvalue weighted by Crippen LogP contribution is 2.22. The van der Waals surface area contributed by atoms with E-state index in [-0.39, 0.29) is 11.7 Å². The van der Waals surface area contributed by atoms with Crippen LogP contribution in [0.2, 0.25) is 0 Å². The van der Waals surface area contributed by atoms with Gasteiger partial charge in [-0.25, -0.2) is 0 Å². The van der Waals surface area contributed by atoms with E-state index in [1.807, 2.05) is 24.3 Å². The minimum Gasteiger partial charge on any atom is -0.508 e. The zero-order valence-corrected chi connectivity index (χ0v) is 13.6. The maximum Gasteiger partial charge on any atom is 0.255 e. The zero-order chi connectivity index (χ0) is 16.2. The van der Waals surface area contributed by atoms with Crippen molar-refractivity contribution in [3.8, 4) is 16.9 Å². The second kappa shape index (κ2) is 6.62. The third-order valence-electron chi connectivity index (χ3n) is 3.31. The van der Waals surface area contributed by atoms with E-state index in [2.05, 4.69) is 26.2 Å². The molecule has 1 aromatic heterocycles. The number of anilines is 1. The van der Waals surface area contributed by atoms with Gasteiger partial charge in [-0.15, -0.1) is 0 Å². The van der Waals surface area contributed by atoms with Crippen molar-refractivity contribution in [2.45, 2.75) is 0 Å². The molecule has 3 rings (SSSR count). The van der Waals surface area contributed by atoms with Gasteiger partial charge < -0.3 is 10.4 Å². The minimum absolute atomic E-state index is 0.192. The molecule has 0 aliphatic carbocycles. The molecule has 1 amide bonds. The van der Waals surface area contributed by atoms with E-state index in [9.17, 15) is 9.90 Å². The molecular formula is C18H13BrN2O2. The number of nitrogens with one attached hydrogen (secondary N) is 1. The summed E-state index contributed by atoms with van der Waals surface area (Å²) in [5.74, 6) is 0.0366. The molecule has 0 unspecified atom stereocenters. The van der Waals surface area contributed by atoms with Crippen molar-refractivity contribution < 1.29 is 9.90 Å². The molecular weight excluding hydrogens is 356 g/mol. The highest BCUT2D eigenvalue weighted by molar-refractivity contribution is 9.10. The summed E-state index contributed by atoms with van der Waals surface area (Å²) in [6, 6.07) is 16.0. The number of hydrogen-bond acceptors (Lipinski definition) is 3. The Kier molecular flexibility index (Phi) is 4.39. The molecule has 0 saturated carbocycles. The van der Waals surface area contributed by atoms with Gasteiger partial charge in [-0.2, -0.15) is 0 Å².